The summed E-state index contributed by atoms with van der Waals surface area (Å²) < 4.78 is 11.6. The molecule has 0 saturated carbocycles. The maximum atomic E-state index is 12.3. The first kappa shape index (κ1) is 19.7. The fraction of sp³-hybridized carbons (Fsp3) is 0.882. The third-order valence-corrected chi connectivity index (χ3v) is 4.07. The summed E-state index contributed by atoms with van der Waals surface area (Å²) in [6.07, 6.45) is 3.56. The van der Waals surface area contributed by atoms with Gasteiger partial charge in [-0.25, -0.2) is 4.79 Å². The molecule has 134 valence electrons. The Balaban J connectivity index is 2.54. The summed E-state index contributed by atoms with van der Waals surface area (Å²) in [7, 11) is 1.64. The fourth-order valence-electron chi connectivity index (χ4n) is 2.74. The minimum atomic E-state index is -0.488. The SMILES string of the molecule is CCC1(OCCCC(=O)NC)CCCN(C(=O)OC(C)(C)C)C1. The molecule has 1 aliphatic rings. The fourth-order valence-corrected chi connectivity index (χ4v) is 2.74. The van der Waals surface area contributed by atoms with Gasteiger partial charge in [0.05, 0.1) is 12.1 Å². The quantitative estimate of drug-likeness (QED) is 0.761. The van der Waals surface area contributed by atoms with Gasteiger partial charge in [-0.3, -0.25) is 4.79 Å². The van der Waals surface area contributed by atoms with Crippen LogP contribution in [0.4, 0.5) is 4.79 Å². The third-order valence-electron chi connectivity index (χ3n) is 4.07. The zero-order valence-electron chi connectivity index (χ0n) is 15.2. The molecular weight excluding hydrogens is 296 g/mol. The lowest BCUT2D eigenvalue weighted by Crippen LogP contribution is -2.52. The lowest BCUT2D eigenvalue weighted by molar-refractivity contribution is -0.122. The summed E-state index contributed by atoms with van der Waals surface area (Å²) >= 11 is 0. The van der Waals surface area contributed by atoms with E-state index < -0.39 is 5.60 Å². The van der Waals surface area contributed by atoms with E-state index in [1.165, 1.54) is 0 Å². The van der Waals surface area contributed by atoms with Crippen LogP contribution in [-0.4, -0.2) is 54.8 Å². The molecule has 0 radical (unpaired) electrons. The Morgan fingerprint density at radius 3 is 2.57 bits per heavy atom. The van der Waals surface area contributed by atoms with Gasteiger partial charge >= 0.3 is 6.09 Å². The minimum absolute atomic E-state index is 0.0261. The van der Waals surface area contributed by atoms with E-state index in [-0.39, 0.29) is 17.6 Å². The van der Waals surface area contributed by atoms with Crippen LogP contribution in [0.15, 0.2) is 0 Å². The highest BCUT2D eigenvalue weighted by Crippen LogP contribution is 2.29. The number of carbonyl (C=O) groups is 2. The third kappa shape index (κ3) is 6.77. The van der Waals surface area contributed by atoms with E-state index in [2.05, 4.69) is 12.2 Å². The highest BCUT2D eigenvalue weighted by molar-refractivity contribution is 5.75. The Morgan fingerprint density at radius 2 is 2.00 bits per heavy atom. The molecule has 2 amide bonds. The Kier molecular flexibility index (Phi) is 7.32. The largest absolute Gasteiger partial charge is 0.444 e. The van der Waals surface area contributed by atoms with Crippen molar-refractivity contribution < 1.29 is 19.1 Å². The number of hydrogen-bond donors (Lipinski definition) is 1. The zero-order chi connectivity index (χ0) is 17.5. The molecule has 1 heterocycles. The Hall–Kier alpha value is -1.30. The molecular formula is C17H32N2O4. The number of nitrogens with zero attached hydrogens (tertiary/aromatic N) is 1. The molecule has 1 unspecified atom stereocenters. The van der Waals surface area contributed by atoms with Gasteiger partial charge in [0.15, 0.2) is 0 Å². The van der Waals surface area contributed by atoms with Crippen molar-refractivity contribution >= 4 is 12.0 Å². The van der Waals surface area contributed by atoms with Gasteiger partial charge in [0.1, 0.15) is 5.60 Å². The predicted octanol–water partition coefficient (Wildman–Crippen LogP) is 2.71. The van der Waals surface area contributed by atoms with Crippen molar-refractivity contribution in [2.75, 3.05) is 26.7 Å². The first-order chi connectivity index (χ1) is 10.7. The van der Waals surface area contributed by atoms with E-state index in [1.807, 2.05) is 20.8 Å². The molecule has 0 bridgehead atoms. The minimum Gasteiger partial charge on any atom is -0.444 e. The summed E-state index contributed by atoms with van der Waals surface area (Å²) in [5, 5.41) is 2.61. The molecule has 23 heavy (non-hydrogen) atoms. The van der Waals surface area contributed by atoms with Gasteiger partial charge in [-0.05, 0) is 46.5 Å². The van der Waals surface area contributed by atoms with Crippen LogP contribution in [0.5, 0.6) is 0 Å². The van der Waals surface area contributed by atoms with Crippen molar-refractivity contribution in [3.05, 3.63) is 0 Å². The van der Waals surface area contributed by atoms with Crippen LogP contribution >= 0.6 is 0 Å². The van der Waals surface area contributed by atoms with Crippen molar-refractivity contribution in [3.63, 3.8) is 0 Å². The van der Waals surface area contributed by atoms with E-state index in [0.717, 1.165) is 19.3 Å². The van der Waals surface area contributed by atoms with Gasteiger partial charge in [-0.1, -0.05) is 6.92 Å². The molecule has 0 aromatic rings. The molecule has 6 heteroatoms. The molecule has 1 rings (SSSR count). The Bertz CT molecular complexity index is 406. The number of rotatable bonds is 6. The van der Waals surface area contributed by atoms with Crippen molar-refractivity contribution in [2.24, 2.45) is 0 Å². The molecule has 1 N–H and O–H groups in total. The van der Waals surface area contributed by atoms with Crippen LogP contribution in [0.2, 0.25) is 0 Å². The van der Waals surface area contributed by atoms with Crippen LogP contribution in [0.3, 0.4) is 0 Å². The summed E-state index contributed by atoms with van der Waals surface area (Å²) in [6, 6.07) is 0. The molecule has 0 aromatic heterocycles. The van der Waals surface area contributed by atoms with E-state index in [1.54, 1.807) is 11.9 Å². The molecule has 1 aliphatic heterocycles. The number of likely N-dealkylation sites (tertiary alicyclic amines) is 1. The molecule has 1 saturated heterocycles. The standard InChI is InChI=1S/C17H32N2O4/c1-6-17(22-12-7-9-14(20)18-5)10-8-11-19(13-17)15(21)23-16(2,3)4/h6-13H2,1-5H3,(H,18,20). The molecule has 6 nitrogen and oxygen atoms in total. The molecule has 1 atom stereocenters. The first-order valence-electron chi connectivity index (χ1n) is 8.54. The maximum Gasteiger partial charge on any atom is 0.410 e. The monoisotopic (exact) mass is 328 g/mol. The van der Waals surface area contributed by atoms with E-state index in [9.17, 15) is 9.59 Å². The highest BCUT2D eigenvalue weighted by Gasteiger charge is 2.38. The first-order valence-corrected chi connectivity index (χ1v) is 8.54. The highest BCUT2D eigenvalue weighted by atomic mass is 16.6. The maximum absolute atomic E-state index is 12.3. The smallest absolute Gasteiger partial charge is 0.410 e. The summed E-state index contributed by atoms with van der Waals surface area (Å²) in [6.45, 7) is 9.49. The number of hydrogen-bond acceptors (Lipinski definition) is 4. The molecule has 0 spiro atoms. The molecule has 0 aromatic carbocycles. The predicted molar refractivity (Wildman–Crippen MR) is 89.3 cm³/mol. The van der Waals surface area contributed by atoms with Gasteiger partial charge in [-0.15, -0.1) is 0 Å². The summed E-state index contributed by atoms with van der Waals surface area (Å²) in [5.41, 5.74) is -0.810. The zero-order valence-corrected chi connectivity index (χ0v) is 15.2. The summed E-state index contributed by atoms with van der Waals surface area (Å²) in [5.74, 6) is 0.0261. The van der Waals surface area contributed by atoms with Gasteiger partial charge in [0.25, 0.3) is 0 Å². The number of ether oxygens (including phenoxy) is 2. The second-order valence-electron chi connectivity index (χ2n) is 7.17. The average Bonchev–Trinajstić information content (AvgIpc) is 2.50. The van der Waals surface area contributed by atoms with Crippen molar-refractivity contribution in [1.29, 1.82) is 0 Å². The lowest BCUT2D eigenvalue weighted by Gasteiger charge is -2.42. The number of piperidine rings is 1. The van der Waals surface area contributed by atoms with E-state index in [0.29, 0.717) is 32.5 Å². The van der Waals surface area contributed by atoms with Crippen LogP contribution in [0.25, 0.3) is 0 Å². The average molecular weight is 328 g/mol. The lowest BCUT2D eigenvalue weighted by atomic mass is 9.90. The Labute approximate surface area is 139 Å². The van der Waals surface area contributed by atoms with Gasteiger partial charge in [-0.2, -0.15) is 0 Å². The van der Waals surface area contributed by atoms with E-state index in [4.69, 9.17) is 9.47 Å². The molecule has 1 fully saturated rings. The normalized spacial score (nSPS) is 21.9. The van der Waals surface area contributed by atoms with Gasteiger partial charge < -0.3 is 19.7 Å². The van der Waals surface area contributed by atoms with Gasteiger partial charge in [0, 0.05) is 26.6 Å². The van der Waals surface area contributed by atoms with Crippen LogP contribution < -0.4 is 5.32 Å². The Morgan fingerprint density at radius 1 is 1.30 bits per heavy atom. The second kappa shape index (κ2) is 8.52. The summed E-state index contributed by atoms with van der Waals surface area (Å²) in [4.78, 5) is 25.3. The number of carbonyl (C=O) groups excluding carboxylic acids is 2. The van der Waals surface area contributed by atoms with Crippen LogP contribution in [-0.2, 0) is 14.3 Å². The van der Waals surface area contributed by atoms with Gasteiger partial charge in [0.2, 0.25) is 5.91 Å². The van der Waals surface area contributed by atoms with Crippen molar-refractivity contribution in [3.8, 4) is 0 Å². The number of nitrogens with one attached hydrogen (secondary N) is 1. The number of amides is 2. The van der Waals surface area contributed by atoms with E-state index >= 15 is 0 Å². The van der Waals surface area contributed by atoms with Crippen LogP contribution in [0, 0.1) is 0 Å². The molecule has 0 aliphatic carbocycles. The van der Waals surface area contributed by atoms with Crippen LogP contribution in [0.1, 0.15) is 59.8 Å². The second-order valence-corrected chi connectivity index (χ2v) is 7.17. The van der Waals surface area contributed by atoms with Crippen molar-refractivity contribution in [2.45, 2.75) is 71.0 Å². The topological polar surface area (TPSA) is 67.9 Å². The van der Waals surface area contributed by atoms with Crippen molar-refractivity contribution in [1.82, 2.24) is 10.2 Å².